The molecule has 0 unspecified atom stereocenters. The van der Waals surface area contributed by atoms with Crippen molar-refractivity contribution in [3.8, 4) is 11.3 Å². The van der Waals surface area contributed by atoms with E-state index in [1.807, 2.05) is 24.3 Å². The molecule has 0 aliphatic carbocycles. The number of halogens is 2. The quantitative estimate of drug-likeness (QED) is 0.614. The van der Waals surface area contributed by atoms with Crippen LogP contribution in [0.3, 0.4) is 0 Å². The summed E-state index contributed by atoms with van der Waals surface area (Å²) in [6.07, 6.45) is 0. The highest BCUT2D eigenvalue weighted by molar-refractivity contribution is 6.33. The normalized spacial score (nSPS) is 14.8. The van der Waals surface area contributed by atoms with Gasteiger partial charge in [0, 0.05) is 42.5 Å². The number of furan rings is 1. The minimum atomic E-state index is -0.325. The maximum atomic E-state index is 12.6. The molecule has 1 aliphatic heterocycles. The lowest BCUT2D eigenvalue weighted by molar-refractivity contribution is 0.0997. The molecular formula is C22H21Cl2N3O2. The zero-order valence-corrected chi connectivity index (χ0v) is 17.5. The van der Waals surface area contributed by atoms with Crippen molar-refractivity contribution in [3.63, 3.8) is 0 Å². The van der Waals surface area contributed by atoms with Gasteiger partial charge in [-0.05, 0) is 61.6 Å². The predicted octanol–water partition coefficient (Wildman–Crippen LogP) is 5.26. The molecule has 29 heavy (non-hydrogen) atoms. The molecule has 0 bridgehead atoms. The number of hydrogen-bond acceptors (Lipinski definition) is 4. The lowest BCUT2D eigenvalue weighted by Crippen LogP contribution is -2.44. The number of carbonyl (C=O) groups excluding carboxylic acids is 1. The summed E-state index contributed by atoms with van der Waals surface area (Å²) in [6, 6.07) is 16.3. The second-order valence-corrected chi connectivity index (χ2v) is 7.93. The Morgan fingerprint density at radius 3 is 2.38 bits per heavy atom. The molecule has 0 atom stereocenters. The molecule has 2 heterocycles. The molecule has 1 amide bonds. The fourth-order valence-corrected chi connectivity index (χ4v) is 3.74. The van der Waals surface area contributed by atoms with E-state index in [2.05, 4.69) is 22.2 Å². The highest BCUT2D eigenvalue weighted by Gasteiger charge is 2.18. The SMILES string of the molecule is CN1CCN(c2ccc(NC(=O)c3ccc(-c4ccc(Cl)cc4)o3)cc2Cl)CC1. The topological polar surface area (TPSA) is 48.7 Å². The third-order valence-corrected chi connectivity index (χ3v) is 5.56. The van der Waals surface area contributed by atoms with E-state index >= 15 is 0 Å². The predicted molar refractivity (Wildman–Crippen MR) is 118 cm³/mol. The van der Waals surface area contributed by atoms with Crippen molar-refractivity contribution in [1.29, 1.82) is 0 Å². The van der Waals surface area contributed by atoms with Crippen LogP contribution in [0.15, 0.2) is 59.0 Å². The number of hydrogen-bond donors (Lipinski definition) is 1. The lowest BCUT2D eigenvalue weighted by atomic mass is 10.2. The van der Waals surface area contributed by atoms with Gasteiger partial charge in [-0.25, -0.2) is 0 Å². The zero-order valence-electron chi connectivity index (χ0n) is 16.0. The number of piperazine rings is 1. The third-order valence-electron chi connectivity index (χ3n) is 5.01. The minimum absolute atomic E-state index is 0.231. The number of rotatable bonds is 4. The van der Waals surface area contributed by atoms with Crippen molar-refractivity contribution >= 4 is 40.5 Å². The number of benzene rings is 2. The first-order chi connectivity index (χ1) is 14.0. The largest absolute Gasteiger partial charge is 0.451 e. The summed E-state index contributed by atoms with van der Waals surface area (Å²) in [5.74, 6) is 0.512. The van der Waals surface area contributed by atoms with Crippen molar-refractivity contribution < 1.29 is 9.21 Å². The van der Waals surface area contributed by atoms with Crippen LogP contribution in [-0.2, 0) is 0 Å². The van der Waals surface area contributed by atoms with Gasteiger partial charge in [-0.15, -0.1) is 0 Å². The second kappa shape index (κ2) is 8.49. The molecule has 150 valence electrons. The molecule has 0 spiro atoms. The third kappa shape index (κ3) is 4.58. The Kier molecular flexibility index (Phi) is 5.81. The first-order valence-electron chi connectivity index (χ1n) is 9.40. The number of likely N-dealkylation sites (N-methyl/N-ethyl adjacent to an activating group) is 1. The van der Waals surface area contributed by atoms with Crippen LogP contribution in [0, 0.1) is 0 Å². The van der Waals surface area contributed by atoms with E-state index in [0.29, 0.717) is 21.5 Å². The molecule has 5 nitrogen and oxygen atoms in total. The summed E-state index contributed by atoms with van der Waals surface area (Å²) >= 11 is 12.4. The first kappa shape index (κ1) is 19.8. The Bertz CT molecular complexity index is 1010. The molecule has 1 aliphatic rings. The summed E-state index contributed by atoms with van der Waals surface area (Å²) in [7, 11) is 2.12. The van der Waals surface area contributed by atoms with Gasteiger partial charge in [-0.3, -0.25) is 4.79 Å². The fraction of sp³-hybridized carbons (Fsp3) is 0.227. The summed E-state index contributed by atoms with van der Waals surface area (Å²) in [5, 5.41) is 4.11. The smallest absolute Gasteiger partial charge is 0.291 e. The summed E-state index contributed by atoms with van der Waals surface area (Å²) < 4.78 is 5.70. The van der Waals surface area contributed by atoms with Crippen LogP contribution in [0.1, 0.15) is 10.6 Å². The van der Waals surface area contributed by atoms with E-state index in [9.17, 15) is 4.79 Å². The van der Waals surface area contributed by atoms with Crippen LogP contribution in [0.5, 0.6) is 0 Å². The Balaban J connectivity index is 1.45. The van der Waals surface area contributed by atoms with E-state index in [0.717, 1.165) is 37.4 Å². The van der Waals surface area contributed by atoms with Crippen LogP contribution < -0.4 is 10.2 Å². The second-order valence-electron chi connectivity index (χ2n) is 7.08. The van der Waals surface area contributed by atoms with Crippen LogP contribution in [0.2, 0.25) is 10.0 Å². The average molecular weight is 430 g/mol. The van der Waals surface area contributed by atoms with Gasteiger partial charge in [0.25, 0.3) is 5.91 Å². The Hall–Kier alpha value is -2.47. The van der Waals surface area contributed by atoms with Gasteiger partial charge in [-0.2, -0.15) is 0 Å². The molecule has 2 aromatic carbocycles. The highest BCUT2D eigenvalue weighted by atomic mass is 35.5. The molecule has 1 saturated heterocycles. The van der Waals surface area contributed by atoms with E-state index < -0.39 is 0 Å². The van der Waals surface area contributed by atoms with E-state index in [1.165, 1.54) is 0 Å². The molecule has 7 heteroatoms. The van der Waals surface area contributed by atoms with E-state index in [4.69, 9.17) is 27.6 Å². The van der Waals surface area contributed by atoms with Gasteiger partial charge in [0.15, 0.2) is 5.76 Å². The number of anilines is 2. The maximum Gasteiger partial charge on any atom is 0.291 e. The van der Waals surface area contributed by atoms with Gasteiger partial charge in [0.05, 0.1) is 10.7 Å². The molecule has 1 aromatic heterocycles. The van der Waals surface area contributed by atoms with Crippen molar-refractivity contribution in [1.82, 2.24) is 4.90 Å². The number of nitrogens with zero attached hydrogens (tertiary/aromatic N) is 2. The van der Waals surface area contributed by atoms with Gasteiger partial charge in [0.2, 0.25) is 0 Å². The summed E-state index contributed by atoms with van der Waals surface area (Å²) in [6.45, 7) is 3.87. The Morgan fingerprint density at radius 1 is 0.966 bits per heavy atom. The van der Waals surface area contributed by atoms with Crippen LogP contribution >= 0.6 is 23.2 Å². The lowest BCUT2D eigenvalue weighted by Gasteiger charge is -2.34. The number of nitrogens with one attached hydrogen (secondary N) is 1. The van der Waals surface area contributed by atoms with Crippen molar-refractivity contribution in [2.24, 2.45) is 0 Å². The fourth-order valence-electron chi connectivity index (χ4n) is 3.31. The van der Waals surface area contributed by atoms with Crippen molar-refractivity contribution in [2.45, 2.75) is 0 Å². The maximum absolute atomic E-state index is 12.6. The molecule has 1 fully saturated rings. The monoisotopic (exact) mass is 429 g/mol. The van der Waals surface area contributed by atoms with Gasteiger partial charge >= 0.3 is 0 Å². The number of carbonyl (C=O) groups is 1. The van der Waals surface area contributed by atoms with Crippen molar-refractivity contribution in [3.05, 3.63) is 70.4 Å². The minimum Gasteiger partial charge on any atom is -0.451 e. The Morgan fingerprint density at radius 2 is 1.69 bits per heavy atom. The highest BCUT2D eigenvalue weighted by Crippen LogP contribution is 2.30. The van der Waals surface area contributed by atoms with Crippen LogP contribution in [-0.4, -0.2) is 44.0 Å². The molecule has 0 radical (unpaired) electrons. The molecular weight excluding hydrogens is 409 g/mol. The van der Waals surface area contributed by atoms with Crippen LogP contribution in [0.4, 0.5) is 11.4 Å². The standard InChI is InChI=1S/C22H21Cl2N3O2/c1-26-10-12-27(13-11-26)19-7-6-17(14-18(19)24)25-22(28)21-9-8-20(29-21)15-2-4-16(23)5-3-15/h2-9,14H,10-13H2,1H3,(H,25,28). The molecule has 1 N–H and O–H groups in total. The molecule has 0 saturated carbocycles. The zero-order chi connectivity index (χ0) is 20.4. The summed E-state index contributed by atoms with van der Waals surface area (Å²) in [4.78, 5) is 17.1. The van der Waals surface area contributed by atoms with E-state index in [-0.39, 0.29) is 11.7 Å². The number of amides is 1. The van der Waals surface area contributed by atoms with Crippen molar-refractivity contribution in [2.75, 3.05) is 43.4 Å². The van der Waals surface area contributed by atoms with Gasteiger partial charge < -0.3 is 19.5 Å². The van der Waals surface area contributed by atoms with Gasteiger partial charge in [0.1, 0.15) is 5.76 Å². The molecule has 3 aromatic rings. The Labute approximate surface area is 179 Å². The van der Waals surface area contributed by atoms with E-state index in [1.54, 1.807) is 30.3 Å². The first-order valence-corrected chi connectivity index (χ1v) is 10.2. The molecule has 4 rings (SSSR count). The summed E-state index contributed by atoms with van der Waals surface area (Å²) in [5.41, 5.74) is 2.47. The van der Waals surface area contributed by atoms with Crippen LogP contribution in [0.25, 0.3) is 11.3 Å². The van der Waals surface area contributed by atoms with Gasteiger partial charge in [-0.1, -0.05) is 23.2 Å². The average Bonchev–Trinajstić information content (AvgIpc) is 3.20.